The van der Waals surface area contributed by atoms with Gasteiger partial charge in [0.25, 0.3) is 5.91 Å². The van der Waals surface area contributed by atoms with Crippen molar-refractivity contribution >= 4 is 46.4 Å². The lowest BCUT2D eigenvalue weighted by atomic mass is 10.2. The van der Waals surface area contributed by atoms with Crippen molar-refractivity contribution in [1.29, 1.82) is 0 Å². The fourth-order valence-corrected chi connectivity index (χ4v) is 3.33. The van der Waals surface area contributed by atoms with E-state index < -0.39 is 5.97 Å². The molecule has 1 N–H and O–H groups in total. The standard InChI is InChI=1S/C19H19ClN2O4S/c1-3-10-22(11-16-8-9-17(20)27-16)18(24)12-26-19(25)14-4-6-15(7-5-14)21-13(2)23/h3-9H,1,10-12H2,2H3,(H,21,23). The third-order valence-electron chi connectivity index (χ3n) is 3.45. The second-order valence-electron chi connectivity index (χ2n) is 5.60. The second kappa shape index (κ2) is 9.89. The van der Waals surface area contributed by atoms with Crippen LogP contribution in [0.4, 0.5) is 5.69 Å². The van der Waals surface area contributed by atoms with Crippen molar-refractivity contribution in [3.8, 4) is 0 Å². The maximum atomic E-state index is 12.4. The van der Waals surface area contributed by atoms with Gasteiger partial charge in [0.2, 0.25) is 5.91 Å². The molecule has 0 radical (unpaired) electrons. The largest absolute Gasteiger partial charge is 0.452 e. The molecule has 2 amide bonds. The van der Waals surface area contributed by atoms with E-state index in [9.17, 15) is 14.4 Å². The molecule has 0 aliphatic heterocycles. The molecule has 0 unspecified atom stereocenters. The number of benzene rings is 1. The van der Waals surface area contributed by atoms with E-state index in [1.807, 2.05) is 6.07 Å². The Kier molecular flexibility index (Phi) is 7.57. The molecule has 0 saturated carbocycles. The number of amides is 2. The summed E-state index contributed by atoms with van der Waals surface area (Å²) in [6.45, 7) is 5.36. The minimum Gasteiger partial charge on any atom is -0.452 e. The highest BCUT2D eigenvalue weighted by Crippen LogP contribution is 2.22. The molecule has 0 fully saturated rings. The predicted molar refractivity (Wildman–Crippen MR) is 106 cm³/mol. The van der Waals surface area contributed by atoms with Crippen molar-refractivity contribution in [2.75, 3.05) is 18.5 Å². The first-order valence-electron chi connectivity index (χ1n) is 8.06. The van der Waals surface area contributed by atoms with Crippen LogP contribution >= 0.6 is 22.9 Å². The SMILES string of the molecule is C=CCN(Cc1ccc(Cl)s1)C(=O)COC(=O)c1ccc(NC(C)=O)cc1. The molecule has 6 nitrogen and oxygen atoms in total. The van der Waals surface area contributed by atoms with Gasteiger partial charge in [0.1, 0.15) is 0 Å². The molecule has 2 rings (SSSR count). The van der Waals surface area contributed by atoms with Gasteiger partial charge in [-0.25, -0.2) is 4.79 Å². The third kappa shape index (κ3) is 6.54. The lowest BCUT2D eigenvalue weighted by Gasteiger charge is -2.20. The number of halogens is 1. The number of rotatable bonds is 8. The molecule has 27 heavy (non-hydrogen) atoms. The Morgan fingerprint density at radius 3 is 2.48 bits per heavy atom. The second-order valence-corrected chi connectivity index (χ2v) is 7.40. The molecule has 0 bridgehead atoms. The van der Waals surface area contributed by atoms with Gasteiger partial charge in [-0.3, -0.25) is 9.59 Å². The quantitative estimate of drug-likeness (QED) is 0.535. The number of thiophene rings is 1. The summed E-state index contributed by atoms with van der Waals surface area (Å²) < 4.78 is 5.75. The van der Waals surface area contributed by atoms with Crippen LogP contribution in [0.1, 0.15) is 22.2 Å². The van der Waals surface area contributed by atoms with Crippen LogP contribution in [-0.4, -0.2) is 35.8 Å². The number of anilines is 1. The van der Waals surface area contributed by atoms with Gasteiger partial charge in [-0.2, -0.15) is 0 Å². The Labute approximate surface area is 166 Å². The Bertz CT molecular complexity index is 832. The summed E-state index contributed by atoms with van der Waals surface area (Å²) in [5.74, 6) is -1.15. The lowest BCUT2D eigenvalue weighted by molar-refractivity contribution is -0.134. The predicted octanol–water partition coefficient (Wildman–Crippen LogP) is 3.73. The van der Waals surface area contributed by atoms with Crippen LogP contribution in [0.5, 0.6) is 0 Å². The van der Waals surface area contributed by atoms with E-state index in [0.29, 0.717) is 23.1 Å². The van der Waals surface area contributed by atoms with E-state index in [-0.39, 0.29) is 24.0 Å². The van der Waals surface area contributed by atoms with Crippen molar-refractivity contribution < 1.29 is 19.1 Å². The first-order chi connectivity index (χ1) is 12.9. The van der Waals surface area contributed by atoms with Crippen molar-refractivity contribution in [2.45, 2.75) is 13.5 Å². The number of nitrogens with one attached hydrogen (secondary N) is 1. The van der Waals surface area contributed by atoms with Gasteiger partial charge < -0.3 is 15.0 Å². The smallest absolute Gasteiger partial charge is 0.338 e. The molecule has 0 aliphatic carbocycles. The Balaban J connectivity index is 1.92. The van der Waals surface area contributed by atoms with E-state index in [1.165, 1.54) is 35.3 Å². The van der Waals surface area contributed by atoms with Gasteiger partial charge in [0.15, 0.2) is 6.61 Å². The molecular weight excluding hydrogens is 388 g/mol. The topological polar surface area (TPSA) is 75.7 Å². The summed E-state index contributed by atoms with van der Waals surface area (Å²) in [5, 5.41) is 2.61. The number of carbonyl (C=O) groups is 3. The Morgan fingerprint density at radius 1 is 1.22 bits per heavy atom. The molecule has 1 aromatic carbocycles. The van der Waals surface area contributed by atoms with E-state index in [2.05, 4.69) is 11.9 Å². The van der Waals surface area contributed by atoms with E-state index in [4.69, 9.17) is 16.3 Å². The molecule has 0 saturated heterocycles. The molecule has 8 heteroatoms. The summed E-state index contributed by atoms with van der Waals surface area (Å²) in [5.41, 5.74) is 0.860. The van der Waals surface area contributed by atoms with Gasteiger partial charge in [0, 0.05) is 24.0 Å². The molecule has 0 aliphatic rings. The zero-order valence-corrected chi connectivity index (χ0v) is 16.3. The highest BCUT2D eigenvalue weighted by Gasteiger charge is 2.17. The molecule has 0 atom stereocenters. The van der Waals surface area contributed by atoms with Gasteiger partial charge in [-0.1, -0.05) is 17.7 Å². The monoisotopic (exact) mass is 406 g/mol. The Morgan fingerprint density at radius 2 is 1.93 bits per heavy atom. The minimum atomic E-state index is -0.615. The third-order valence-corrected chi connectivity index (χ3v) is 4.66. The van der Waals surface area contributed by atoms with Crippen LogP contribution in [0.25, 0.3) is 0 Å². The zero-order chi connectivity index (χ0) is 19.8. The maximum Gasteiger partial charge on any atom is 0.338 e. The molecule has 1 heterocycles. The van der Waals surface area contributed by atoms with Crippen molar-refractivity contribution in [3.05, 3.63) is 63.8 Å². The van der Waals surface area contributed by atoms with Crippen LogP contribution in [0, 0.1) is 0 Å². The van der Waals surface area contributed by atoms with E-state index in [0.717, 1.165) is 4.88 Å². The molecule has 2 aromatic rings. The Hall–Kier alpha value is -2.64. The first-order valence-corrected chi connectivity index (χ1v) is 9.26. The van der Waals surface area contributed by atoms with Gasteiger partial charge in [-0.15, -0.1) is 17.9 Å². The van der Waals surface area contributed by atoms with Crippen LogP contribution < -0.4 is 5.32 Å². The first kappa shape index (κ1) is 20.7. The highest BCUT2D eigenvalue weighted by atomic mass is 35.5. The normalized spacial score (nSPS) is 10.1. The molecular formula is C19H19ClN2O4S. The summed E-state index contributed by atoms with van der Waals surface area (Å²) >= 11 is 7.30. The fraction of sp³-hybridized carbons (Fsp3) is 0.211. The number of hydrogen-bond donors (Lipinski definition) is 1. The van der Waals surface area contributed by atoms with Gasteiger partial charge in [0.05, 0.1) is 16.4 Å². The summed E-state index contributed by atoms with van der Waals surface area (Å²) in [6, 6.07) is 9.83. The van der Waals surface area contributed by atoms with Crippen LogP contribution in [0.15, 0.2) is 49.1 Å². The van der Waals surface area contributed by atoms with Crippen molar-refractivity contribution in [3.63, 3.8) is 0 Å². The lowest BCUT2D eigenvalue weighted by Crippen LogP contribution is -2.34. The molecule has 1 aromatic heterocycles. The van der Waals surface area contributed by atoms with Crippen LogP contribution in [-0.2, 0) is 20.9 Å². The summed E-state index contributed by atoms with van der Waals surface area (Å²) in [7, 11) is 0. The number of carbonyl (C=O) groups excluding carboxylic acids is 3. The number of hydrogen-bond acceptors (Lipinski definition) is 5. The van der Waals surface area contributed by atoms with E-state index in [1.54, 1.807) is 24.3 Å². The minimum absolute atomic E-state index is 0.203. The number of ether oxygens (including phenoxy) is 1. The van der Waals surface area contributed by atoms with Gasteiger partial charge >= 0.3 is 5.97 Å². The maximum absolute atomic E-state index is 12.4. The summed E-state index contributed by atoms with van der Waals surface area (Å²) in [4.78, 5) is 37.9. The number of nitrogens with zero attached hydrogens (tertiary/aromatic N) is 1. The fourth-order valence-electron chi connectivity index (χ4n) is 2.23. The van der Waals surface area contributed by atoms with Crippen LogP contribution in [0.2, 0.25) is 4.34 Å². The summed E-state index contributed by atoms with van der Waals surface area (Å²) in [6.07, 6.45) is 1.61. The molecule has 0 spiro atoms. The number of esters is 1. The average Bonchev–Trinajstić information content (AvgIpc) is 3.04. The van der Waals surface area contributed by atoms with E-state index >= 15 is 0 Å². The average molecular weight is 407 g/mol. The highest BCUT2D eigenvalue weighted by molar-refractivity contribution is 7.16. The van der Waals surface area contributed by atoms with Gasteiger partial charge in [-0.05, 0) is 36.4 Å². The van der Waals surface area contributed by atoms with Crippen LogP contribution in [0.3, 0.4) is 0 Å². The van der Waals surface area contributed by atoms with Crippen molar-refractivity contribution in [1.82, 2.24) is 4.90 Å². The van der Waals surface area contributed by atoms with Crippen molar-refractivity contribution in [2.24, 2.45) is 0 Å². The molecule has 142 valence electrons. The zero-order valence-electron chi connectivity index (χ0n) is 14.7.